The lowest BCUT2D eigenvalue weighted by Crippen LogP contribution is -2.12. The summed E-state index contributed by atoms with van der Waals surface area (Å²) in [6.45, 7) is 6.26. The number of benzene rings is 1. The number of rotatable bonds is 2. The quantitative estimate of drug-likeness (QED) is 0.876. The molecule has 3 nitrogen and oxygen atoms in total. The number of nitrogens with one attached hydrogen (secondary N) is 1. The second-order valence-electron chi connectivity index (χ2n) is 6.42. The van der Waals surface area contributed by atoms with Crippen molar-refractivity contribution in [2.45, 2.75) is 40.0 Å². The maximum Gasteiger partial charge on any atom is 0.256 e. The molecule has 1 aromatic heterocycles. The molecule has 0 radical (unpaired) electrons. The van der Waals surface area contributed by atoms with Crippen molar-refractivity contribution in [1.29, 1.82) is 5.26 Å². The van der Waals surface area contributed by atoms with E-state index >= 15 is 0 Å². The molecule has 0 fully saturated rings. The van der Waals surface area contributed by atoms with Crippen LogP contribution in [-0.4, -0.2) is 5.91 Å². The Morgan fingerprint density at radius 2 is 2.13 bits per heavy atom. The Bertz CT molecular complexity index is 814. The van der Waals surface area contributed by atoms with Gasteiger partial charge in [0.2, 0.25) is 0 Å². The first-order chi connectivity index (χ1) is 11.0. The van der Waals surface area contributed by atoms with Gasteiger partial charge in [0, 0.05) is 10.4 Å². The Labute approximate surface area is 141 Å². The average Bonchev–Trinajstić information content (AvgIpc) is 2.85. The highest BCUT2D eigenvalue weighted by molar-refractivity contribution is 7.16. The van der Waals surface area contributed by atoms with Gasteiger partial charge in [-0.3, -0.25) is 4.79 Å². The normalized spacial score (nSPS) is 16.5. The van der Waals surface area contributed by atoms with Gasteiger partial charge in [-0.1, -0.05) is 13.0 Å². The van der Waals surface area contributed by atoms with Crippen LogP contribution < -0.4 is 5.32 Å². The van der Waals surface area contributed by atoms with Crippen molar-refractivity contribution in [3.63, 3.8) is 0 Å². The first-order valence-corrected chi connectivity index (χ1v) is 8.74. The third-order valence-corrected chi connectivity index (χ3v) is 5.79. The molecule has 0 saturated carbocycles. The Kier molecular flexibility index (Phi) is 4.23. The lowest BCUT2D eigenvalue weighted by molar-refractivity contribution is 0.102. The predicted octanol–water partition coefficient (Wildman–Crippen LogP) is 4.61. The first-order valence-electron chi connectivity index (χ1n) is 7.92. The number of anilines is 1. The van der Waals surface area contributed by atoms with E-state index in [9.17, 15) is 10.1 Å². The van der Waals surface area contributed by atoms with Gasteiger partial charge in [-0.15, -0.1) is 11.3 Å². The van der Waals surface area contributed by atoms with Crippen molar-refractivity contribution >= 4 is 22.2 Å². The zero-order valence-corrected chi connectivity index (χ0v) is 14.5. The summed E-state index contributed by atoms with van der Waals surface area (Å²) >= 11 is 1.57. The van der Waals surface area contributed by atoms with Crippen LogP contribution >= 0.6 is 11.3 Å². The van der Waals surface area contributed by atoms with Crippen LogP contribution in [0, 0.1) is 31.1 Å². The van der Waals surface area contributed by atoms with Gasteiger partial charge in [-0.05, 0) is 67.9 Å². The van der Waals surface area contributed by atoms with E-state index in [4.69, 9.17) is 0 Å². The number of carbonyl (C=O) groups excluding carboxylic acids is 1. The largest absolute Gasteiger partial charge is 0.312 e. The third-order valence-electron chi connectivity index (χ3n) is 4.62. The summed E-state index contributed by atoms with van der Waals surface area (Å²) in [7, 11) is 0. The minimum atomic E-state index is -0.142. The number of amides is 1. The molecular formula is C19H20N2OS. The van der Waals surface area contributed by atoms with Gasteiger partial charge in [0.1, 0.15) is 11.1 Å². The van der Waals surface area contributed by atoms with E-state index < -0.39 is 0 Å². The number of nitriles is 1. The second-order valence-corrected chi connectivity index (χ2v) is 7.53. The van der Waals surface area contributed by atoms with Crippen molar-refractivity contribution in [3.05, 3.63) is 50.9 Å². The smallest absolute Gasteiger partial charge is 0.256 e. The molecule has 0 aliphatic heterocycles. The van der Waals surface area contributed by atoms with Crippen LogP contribution in [0.5, 0.6) is 0 Å². The van der Waals surface area contributed by atoms with E-state index in [0.29, 0.717) is 22.0 Å². The molecule has 1 heterocycles. The van der Waals surface area contributed by atoms with Gasteiger partial charge in [-0.25, -0.2) is 0 Å². The molecule has 3 rings (SSSR count). The molecule has 118 valence electrons. The van der Waals surface area contributed by atoms with Crippen molar-refractivity contribution in [1.82, 2.24) is 0 Å². The summed E-state index contributed by atoms with van der Waals surface area (Å²) in [5.41, 5.74) is 4.70. The van der Waals surface area contributed by atoms with Gasteiger partial charge < -0.3 is 5.32 Å². The van der Waals surface area contributed by atoms with Crippen molar-refractivity contribution in [2.24, 2.45) is 5.92 Å². The van der Waals surface area contributed by atoms with Crippen LogP contribution in [0.4, 0.5) is 5.00 Å². The summed E-state index contributed by atoms with van der Waals surface area (Å²) in [5, 5.41) is 13.2. The molecule has 1 aromatic carbocycles. The van der Waals surface area contributed by atoms with E-state index in [-0.39, 0.29) is 5.91 Å². The minimum absolute atomic E-state index is 0.142. The van der Waals surface area contributed by atoms with Crippen molar-refractivity contribution < 1.29 is 4.79 Å². The monoisotopic (exact) mass is 324 g/mol. The predicted molar refractivity (Wildman–Crippen MR) is 94.1 cm³/mol. The summed E-state index contributed by atoms with van der Waals surface area (Å²) in [4.78, 5) is 13.8. The minimum Gasteiger partial charge on any atom is -0.312 e. The molecule has 23 heavy (non-hydrogen) atoms. The highest BCUT2D eigenvalue weighted by atomic mass is 32.1. The van der Waals surface area contributed by atoms with Crippen molar-refractivity contribution in [3.8, 4) is 6.07 Å². The summed E-state index contributed by atoms with van der Waals surface area (Å²) in [5.74, 6) is 0.507. The molecular weight excluding hydrogens is 304 g/mol. The standard InChI is InChI=1S/C19H20N2OS/c1-11-4-7-15-16(10-20)19(23-17(15)8-11)21-18(22)14-6-5-12(2)13(3)9-14/h5-6,9,11H,4,7-8H2,1-3H3,(H,21,22)/t11-/m0/s1. The van der Waals surface area contributed by atoms with Gasteiger partial charge in [-0.2, -0.15) is 5.26 Å². The van der Waals surface area contributed by atoms with E-state index in [1.807, 2.05) is 32.0 Å². The van der Waals surface area contributed by atoms with Crippen LogP contribution in [0.15, 0.2) is 18.2 Å². The van der Waals surface area contributed by atoms with Gasteiger partial charge in [0.05, 0.1) is 5.56 Å². The zero-order chi connectivity index (χ0) is 16.6. The Hall–Kier alpha value is -2.12. The topological polar surface area (TPSA) is 52.9 Å². The van der Waals surface area contributed by atoms with Crippen LogP contribution in [0.25, 0.3) is 0 Å². The molecule has 1 aliphatic rings. The molecule has 0 spiro atoms. The van der Waals surface area contributed by atoms with E-state index in [1.165, 1.54) is 10.4 Å². The average molecular weight is 324 g/mol. The van der Waals surface area contributed by atoms with Gasteiger partial charge in [0.25, 0.3) is 5.91 Å². The fourth-order valence-electron chi connectivity index (χ4n) is 3.02. The summed E-state index contributed by atoms with van der Waals surface area (Å²) in [6, 6.07) is 7.97. The van der Waals surface area contributed by atoms with E-state index in [1.54, 1.807) is 11.3 Å². The highest BCUT2D eigenvalue weighted by Gasteiger charge is 2.24. The lowest BCUT2D eigenvalue weighted by atomic mass is 9.88. The SMILES string of the molecule is Cc1ccc(C(=O)Nc2sc3c(c2C#N)CC[C@H](C)C3)cc1C. The summed E-state index contributed by atoms with van der Waals surface area (Å²) in [6.07, 6.45) is 3.06. The van der Waals surface area contributed by atoms with Crippen LogP contribution in [0.2, 0.25) is 0 Å². The number of fused-ring (bicyclic) bond motifs is 1. The molecule has 0 bridgehead atoms. The van der Waals surface area contributed by atoms with Crippen molar-refractivity contribution in [2.75, 3.05) is 5.32 Å². The number of aryl methyl sites for hydroxylation is 2. The zero-order valence-electron chi connectivity index (χ0n) is 13.7. The fraction of sp³-hybridized carbons (Fsp3) is 0.368. The number of nitrogens with zero attached hydrogens (tertiary/aromatic N) is 1. The molecule has 2 aromatic rings. The number of hydrogen-bond donors (Lipinski definition) is 1. The number of thiophene rings is 1. The molecule has 1 N–H and O–H groups in total. The van der Waals surface area contributed by atoms with E-state index in [0.717, 1.165) is 30.4 Å². The Morgan fingerprint density at radius 3 is 2.83 bits per heavy atom. The molecule has 1 amide bonds. The van der Waals surface area contributed by atoms with E-state index in [2.05, 4.69) is 18.3 Å². The Balaban J connectivity index is 1.89. The molecule has 0 saturated heterocycles. The van der Waals surface area contributed by atoms with Gasteiger partial charge in [0.15, 0.2) is 0 Å². The lowest BCUT2D eigenvalue weighted by Gasteiger charge is -2.17. The molecule has 0 unspecified atom stereocenters. The van der Waals surface area contributed by atoms with Crippen LogP contribution in [0.1, 0.15) is 50.8 Å². The first kappa shape index (κ1) is 15.8. The Morgan fingerprint density at radius 1 is 1.35 bits per heavy atom. The maximum atomic E-state index is 12.5. The highest BCUT2D eigenvalue weighted by Crippen LogP contribution is 2.39. The molecule has 1 aliphatic carbocycles. The second kappa shape index (κ2) is 6.17. The summed E-state index contributed by atoms with van der Waals surface area (Å²) < 4.78 is 0. The van der Waals surface area contributed by atoms with Crippen LogP contribution in [-0.2, 0) is 12.8 Å². The number of hydrogen-bond acceptors (Lipinski definition) is 3. The van der Waals surface area contributed by atoms with Crippen LogP contribution in [0.3, 0.4) is 0 Å². The number of carbonyl (C=O) groups is 1. The third kappa shape index (κ3) is 3.02. The molecule has 1 atom stereocenters. The molecule has 4 heteroatoms. The van der Waals surface area contributed by atoms with Gasteiger partial charge >= 0.3 is 0 Å². The fourth-order valence-corrected chi connectivity index (χ4v) is 4.37. The maximum absolute atomic E-state index is 12.5.